The molecule has 3 rings (SSSR count). The van der Waals surface area contributed by atoms with Gasteiger partial charge in [0.2, 0.25) is 5.91 Å². The zero-order valence-corrected chi connectivity index (χ0v) is 15.8. The molecule has 0 unspecified atom stereocenters. The topological polar surface area (TPSA) is 102 Å². The molecule has 0 aliphatic carbocycles. The van der Waals surface area contributed by atoms with Gasteiger partial charge >= 0.3 is 0 Å². The molecule has 0 aliphatic rings. The predicted octanol–water partition coefficient (Wildman–Crippen LogP) is 1.82. The molecule has 8 heteroatoms. The lowest BCUT2D eigenvalue weighted by molar-refractivity contribution is -0.122. The molecule has 0 fully saturated rings. The molecule has 0 atom stereocenters. The highest BCUT2D eigenvalue weighted by Gasteiger charge is 2.12. The van der Waals surface area contributed by atoms with Crippen LogP contribution in [0.5, 0.6) is 5.75 Å². The van der Waals surface area contributed by atoms with Crippen molar-refractivity contribution in [3.63, 3.8) is 0 Å². The van der Waals surface area contributed by atoms with E-state index < -0.39 is 11.5 Å². The molecule has 0 radical (unpaired) electrons. The van der Waals surface area contributed by atoms with E-state index in [1.165, 1.54) is 12.1 Å². The maximum absolute atomic E-state index is 12.4. The average Bonchev–Trinajstić information content (AvgIpc) is 2.75. The molecule has 148 valence electrons. The van der Waals surface area contributed by atoms with Crippen LogP contribution in [0.15, 0.2) is 71.5 Å². The Morgan fingerprint density at radius 1 is 1.00 bits per heavy atom. The first-order chi connectivity index (χ1) is 14.0. The van der Waals surface area contributed by atoms with E-state index in [1.807, 2.05) is 30.3 Å². The molecule has 2 amide bonds. The molecular weight excluding hydrogens is 372 g/mol. The largest absolute Gasteiger partial charge is 0.497 e. The lowest BCUT2D eigenvalue weighted by Crippen LogP contribution is -2.34. The number of nitrogens with zero attached hydrogens (tertiary/aromatic N) is 2. The predicted molar refractivity (Wildman–Crippen MR) is 108 cm³/mol. The highest BCUT2D eigenvalue weighted by Crippen LogP contribution is 2.15. The molecule has 1 aromatic heterocycles. The van der Waals surface area contributed by atoms with Crippen molar-refractivity contribution in [3.8, 4) is 5.75 Å². The summed E-state index contributed by atoms with van der Waals surface area (Å²) < 4.78 is 6.03. The van der Waals surface area contributed by atoms with Crippen molar-refractivity contribution >= 4 is 17.5 Å². The van der Waals surface area contributed by atoms with Crippen LogP contribution in [-0.2, 0) is 17.9 Å². The zero-order valence-electron chi connectivity index (χ0n) is 15.8. The van der Waals surface area contributed by atoms with Crippen molar-refractivity contribution in [2.45, 2.75) is 13.1 Å². The van der Waals surface area contributed by atoms with E-state index in [0.717, 1.165) is 10.2 Å². The zero-order chi connectivity index (χ0) is 20.6. The summed E-state index contributed by atoms with van der Waals surface area (Å²) in [4.78, 5) is 36.6. The molecule has 0 spiro atoms. The van der Waals surface area contributed by atoms with Crippen molar-refractivity contribution in [1.29, 1.82) is 0 Å². The number of anilines is 1. The minimum Gasteiger partial charge on any atom is -0.497 e. The lowest BCUT2D eigenvalue weighted by atomic mass is 10.2. The third kappa shape index (κ3) is 5.52. The van der Waals surface area contributed by atoms with E-state index >= 15 is 0 Å². The second-order valence-corrected chi connectivity index (χ2v) is 6.16. The van der Waals surface area contributed by atoms with Crippen molar-refractivity contribution in [2.24, 2.45) is 0 Å². The fourth-order valence-corrected chi connectivity index (χ4v) is 2.54. The second kappa shape index (κ2) is 9.32. The smallest absolute Gasteiger partial charge is 0.276 e. The van der Waals surface area contributed by atoms with Gasteiger partial charge in [0, 0.05) is 18.3 Å². The molecule has 0 saturated carbocycles. The standard InChI is InChI=1S/C21H20N4O4/c1-29-17-9-7-16(8-10-17)23-21(28)18-11-12-20(27)25(24-18)14-19(26)22-13-15-5-3-2-4-6-15/h2-12H,13-14H2,1H3,(H,22,26)(H,23,28). The Morgan fingerprint density at radius 2 is 1.72 bits per heavy atom. The summed E-state index contributed by atoms with van der Waals surface area (Å²) in [5, 5.41) is 9.41. The number of benzene rings is 2. The van der Waals surface area contributed by atoms with Gasteiger partial charge in [-0.1, -0.05) is 30.3 Å². The molecule has 1 heterocycles. The normalized spacial score (nSPS) is 10.2. The molecule has 0 saturated heterocycles. The van der Waals surface area contributed by atoms with Gasteiger partial charge in [0.1, 0.15) is 18.0 Å². The van der Waals surface area contributed by atoms with E-state index in [2.05, 4.69) is 15.7 Å². The van der Waals surface area contributed by atoms with Crippen LogP contribution >= 0.6 is 0 Å². The summed E-state index contributed by atoms with van der Waals surface area (Å²) in [5.74, 6) is -0.207. The highest BCUT2D eigenvalue weighted by atomic mass is 16.5. The second-order valence-electron chi connectivity index (χ2n) is 6.16. The summed E-state index contributed by atoms with van der Waals surface area (Å²) in [7, 11) is 1.55. The van der Waals surface area contributed by atoms with Crippen molar-refractivity contribution < 1.29 is 14.3 Å². The Labute approximate surface area is 167 Å². The number of nitrogens with one attached hydrogen (secondary N) is 2. The van der Waals surface area contributed by atoms with Gasteiger partial charge in [0.25, 0.3) is 11.5 Å². The van der Waals surface area contributed by atoms with Gasteiger partial charge in [-0.3, -0.25) is 14.4 Å². The molecular formula is C21H20N4O4. The molecule has 2 N–H and O–H groups in total. The number of hydrogen-bond acceptors (Lipinski definition) is 5. The Hall–Kier alpha value is -3.94. The van der Waals surface area contributed by atoms with Crippen LogP contribution in [0.4, 0.5) is 5.69 Å². The molecule has 2 aromatic carbocycles. The SMILES string of the molecule is COc1ccc(NC(=O)c2ccc(=O)n(CC(=O)NCc3ccccc3)n2)cc1. The van der Waals surface area contributed by atoms with Gasteiger partial charge in [-0.2, -0.15) is 5.10 Å². The fourth-order valence-electron chi connectivity index (χ4n) is 2.54. The van der Waals surface area contributed by atoms with Crippen LogP contribution in [0.3, 0.4) is 0 Å². The third-order valence-corrected chi connectivity index (χ3v) is 4.07. The summed E-state index contributed by atoms with van der Waals surface area (Å²) in [6.45, 7) is 0.0569. The summed E-state index contributed by atoms with van der Waals surface area (Å²) >= 11 is 0. The summed E-state index contributed by atoms with van der Waals surface area (Å²) in [6, 6.07) is 18.7. The maximum atomic E-state index is 12.4. The number of carbonyl (C=O) groups excluding carboxylic acids is 2. The van der Waals surface area contributed by atoms with E-state index in [1.54, 1.807) is 31.4 Å². The maximum Gasteiger partial charge on any atom is 0.276 e. The lowest BCUT2D eigenvalue weighted by Gasteiger charge is -2.09. The number of methoxy groups -OCH3 is 1. The van der Waals surface area contributed by atoms with Crippen LogP contribution in [-0.4, -0.2) is 28.7 Å². The highest BCUT2D eigenvalue weighted by molar-refractivity contribution is 6.02. The summed E-state index contributed by atoms with van der Waals surface area (Å²) in [6.07, 6.45) is 0. The van der Waals surface area contributed by atoms with Gasteiger partial charge < -0.3 is 15.4 Å². The van der Waals surface area contributed by atoms with E-state index in [9.17, 15) is 14.4 Å². The van der Waals surface area contributed by atoms with Crippen LogP contribution < -0.4 is 20.9 Å². The minimum atomic E-state index is -0.492. The van der Waals surface area contributed by atoms with Crippen LogP contribution in [0, 0.1) is 0 Å². The van der Waals surface area contributed by atoms with Crippen LogP contribution in [0.25, 0.3) is 0 Å². The Bertz CT molecular complexity index is 1050. The number of carbonyl (C=O) groups is 2. The van der Waals surface area contributed by atoms with Crippen molar-refractivity contribution in [2.75, 3.05) is 12.4 Å². The van der Waals surface area contributed by atoms with E-state index in [4.69, 9.17) is 4.74 Å². The molecule has 0 aliphatic heterocycles. The van der Waals surface area contributed by atoms with Gasteiger partial charge in [-0.15, -0.1) is 0 Å². The monoisotopic (exact) mass is 392 g/mol. The first kappa shape index (κ1) is 19.8. The van der Waals surface area contributed by atoms with Crippen molar-refractivity contribution in [1.82, 2.24) is 15.1 Å². The third-order valence-electron chi connectivity index (χ3n) is 4.07. The molecule has 29 heavy (non-hydrogen) atoms. The van der Waals surface area contributed by atoms with Gasteiger partial charge in [-0.25, -0.2) is 4.68 Å². The van der Waals surface area contributed by atoms with E-state index in [-0.39, 0.29) is 18.1 Å². The van der Waals surface area contributed by atoms with Crippen molar-refractivity contribution in [3.05, 3.63) is 88.3 Å². The van der Waals surface area contributed by atoms with Crippen LogP contribution in [0.2, 0.25) is 0 Å². The summed E-state index contributed by atoms with van der Waals surface area (Å²) in [5.41, 5.74) is 1.04. The number of rotatable bonds is 7. The van der Waals surface area contributed by atoms with Gasteiger partial charge in [-0.05, 0) is 35.9 Å². The van der Waals surface area contributed by atoms with Crippen LogP contribution in [0.1, 0.15) is 16.1 Å². The molecule has 0 bridgehead atoms. The Kier molecular flexibility index (Phi) is 6.36. The molecule has 8 nitrogen and oxygen atoms in total. The quantitative estimate of drug-likeness (QED) is 0.639. The average molecular weight is 392 g/mol. The number of amides is 2. The Morgan fingerprint density at radius 3 is 2.41 bits per heavy atom. The number of aromatic nitrogens is 2. The first-order valence-electron chi connectivity index (χ1n) is 8.89. The van der Waals surface area contributed by atoms with Gasteiger partial charge in [0.15, 0.2) is 0 Å². The number of ether oxygens (including phenoxy) is 1. The fraction of sp³-hybridized carbons (Fsp3) is 0.143. The van der Waals surface area contributed by atoms with Gasteiger partial charge in [0.05, 0.1) is 7.11 Å². The molecule has 3 aromatic rings. The van der Waals surface area contributed by atoms with E-state index in [0.29, 0.717) is 18.0 Å². The number of hydrogen-bond donors (Lipinski definition) is 2. The Balaban J connectivity index is 1.64. The first-order valence-corrected chi connectivity index (χ1v) is 8.89. The minimum absolute atomic E-state index is 0.0243.